The fourth-order valence-electron chi connectivity index (χ4n) is 3.73. The van der Waals surface area contributed by atoms with Crippen molar-refractivity contribution in [3.05, 3.63) is 40.9 Å². The number of aromatic nitrogens is 1. The van der Waals surface area contributed by atoms with Crippen molar-refractivity contribution in [2.75, 3.05) is 10.2 Å². The number of nitrogens with one attached hydrogen (secondary N) is 2. The third-order valence-corrected chi connectivity index (χ3v) is 6.20. The highest BCUT2D eigenvalue weighted by Gasteiger charge is 2.54. The van der Waals surface area contributed by atoms with Crippen molar-refractivity contribution in [2.45, 2.75) is 30.7 Å². The molecule has 2 aromatic rings. The van der Waals surface area contributed by atoms with Crippen LogP contribution in [0.4, 0.5) is 10.8 Å². The first-order valence-corrected chi connectivity index (χ1v) is 10.0. The van der Waals surface area contributed by atoms with E-state index in [0.29, 0.717) is 15.3 Å². The Labute approximate surface area is 170 Å². The van der Waals surface area contributed by atoms with Crippen molar-refractivity contribution >= 4 is 57.0 Å². The van der Waals surface area contributed by atoms with Crippen molar-refractivity contribution < 1.29 is 15.0 Å². The van der Waals surface area contributed by atoms with E-state index in [9.17, 15) is 15.0 Å². The molecule has 0 radical (unpaired) electrons. The standard InChI is InChI=1S/C17H17ClN4O3S2/c18-8-1-3-9(4-2-8)22-13-10(15(25)21-16-19-5-6-27-16)7-11(23)14(24)12(13)20-17(22)26/h1-6,10-14,23-24H,7H2,(H,20,26)(H,19,21,25)/t10-,11-,12-,13-,14+/m1/s1. The highest BCUT2D eigenvalue weighted by Crippen LogP contribution is 2.37. The van der Waals surface area contributed by atoms with Gasteiger partial charge in [-0.15, -0.1) is 11.3 Å². The molecule has 2 heterocycles. The predicted molar refractivity (Wildman–Crippen MR) is 108 cm³/mol. The number of aliphatic hydroxyl groups is 2. The Bertz CT molecular complexity index is 848. The zero-order chi connectivity index (χ0) is 19.1. The van der Waals surface area contributed by atoms with E-state index in [1.54, 1.807) is 23.7 Å². The van der Waals surface area contributed by atoms with Gasteiger partial charge in [-0.2, -0.15) is 0 Å². The van der Waals surface area contributed by atoms with Gasteiger partial charge in [-0.3, -0.25) is 4.79 Å². The van der Waals surface area contributed by atoms with Crippen LogP contribution < -0.4 is 15.5 Å². The van der Waals surface area contributed by atoms with Crippen LogP contribution in [0.25, 0.3) is 0 Å². The molecule has 1 aromatic heterocycles. The number of fused-ring (bicyclic) bond motifs is 1. The van der Waals surface area contributed by atoms with Gasteiger partial charge in [-0.1, -0.05) is 11.6 Å². The Morgan fingerprint density at radius 1 is 1.37 bits per heavy atom. The average molecular weight is 425 g/mol. The van der Waals surface area contributed by atoms with Crippen LogP contribution in [0.3, 0.4) is 0 Å². The second-order valence-corrected chi connectivity index (χ2v) is 8.26. The van der Waals surface area contributed by atoms with Gasteiger partial charge in [0.2, 0.25) is 5.91 Å². The SMILES string of the molecule is O=C(Nc1nccs1)[C@@H]1C[C@@H](O)[C@H](O)[C@@H]2NC(=S)N(c3ccc(Cl)cc3)[C@@H]21. The number of benzene rings is 1. The van der Waals surface area contributed by atoms with Crippen LogP contribution in [-0.2, 0) is 4.79 Å². The number of rotatable bonds is 3. The minimum atomic E-state index is -1.03. The zero-order valence-corrected chi connectivity index (χ0v) is 16.3. The van der Waals surface area contributed by atoms with Gasteiger partial charge < -0.3 is 25.7 Å². The van der Waals surface area contributed by atoms with Crippen molar-refractivity contribution in [1.82, 2.24) is 10.3 Å². The summed E-state index contributed by atoms with van der Waals surface area (Å²) in [4.78, 5) is 18.8. The first-order valence-electron chi connectivity index (χ1n) is 8.37. The van der Waals surface area contributed by atoms with Crippen molar-refractivity contribution in [1.29, 1.82) is 0 Å². The number of halogens is 1. The molecule has 4 rings (SSSR count). The smallest absolute Gasteiger partial charge is 0.231 e. The number of anilines is 2. The summed E-state index contributed by atoms with van der Waals surface area (Å²) in [6, 6.07) is 6.09. The van der Waals surface area contributed by atoms with Gasteiger partial charge in [0.15, 0.2) is 10.2 Å². The molecular formula is C17H17ClN4O3S2. The lowest BCUT2D eigenvalue weighted by Crippen LogP contribution is -2.60. The molecule has 1 aliphatic heterocycles. The molecule has 0 bridgehead atoms. The average Bonchev–Trinajstić information content (AvgIpc) is 3.26. The van der Waals surface area contributed by atoms with Gasteiger partial charge in [0.25, 0.3) is 0 Å². The van der Waals surface area contributed by atoms with E-state index in [2.05, 4.69) is 15.6 Å². The number of aliphatic hydroxyl groups excluding tert-OH is 2. The van der Waals surface area contributed by atoms with Crippen LogP contribution in [0.15, 0.2) is 35.8 Å². The summed E-state index contributed by atoms with van der Waals surface area (Å²) in [6.07, 6.45) is -0.337. The predicted octanol–water partition coefficient (Wildman–Crippen LogP) is 1.61. The molecule has 1 aliphatic carbocycles. The molecule has 27 heavy (non-hydrogen) atoms. The highest BCUT2D eigenvalue weighted by atomic mass is 35.5. The van der Waals surface area contributed by atoms with Gasteiger partial charge in [0.05, 0.1) is 24.1 Å². The quantitative estimate of drug-likeness (QED) is 0.556. The van der Waals surface area contributed by atoms with E-state index in [-0.39, 0.29) is 12.3 Å². The second kappa shape index (κ2) is 7.33. The molecule has 1 saturated heterocycles. The maximum absolute atomic E-state index is 12.9. The van der Waals surface area contributed by atoms with Crippen LogP contribution in [0.5, 0.6) is 0 Å². The number of nitrogens with zero attached hydrogens (tertiary/aromatic N) is 2. The molecule has 2 fully saturated rings. The van der Waals surface area contributed by atoms with Gasteiger partial charge >= 0.3 is 0 Å². The molecule has 10 heteroatoms. The van der Waals surface area contributed by atoms with Gasteiger partial charge in [0.1, 0.15) is 6.10 Å². The third-order valence-electron chi connectivity index (χ3n) is 4.95. The second-order valence-electron chi connectivity index (χ2n) is 6.54. The molecule has 0 unspecified atom stereocenters. The summed E-state index contributed by atoms with van der Waals surface area (Å²) < 4.78 is 0. The lowest BCUT2D eigenvalue weighted by Gasteiger charge is -2.41. The first-order chi connectivity index (χ1) is 13.0. The minimum absolute atomic E-state index is 0.119. The lowest BCUT2D eigenvalue weighted by atomic mass is 9.77. The van der Waals surface area contributed by atoms with Crippen molar-refractivity contribution in [3.63, 3.8) is 0 Å². The van der Waals surface area contributed by atoms with E-state index in [4.69, 9.17) is 23.8 Å². The third kappa shape index (κ3) is 3.41. The van der Waals surface area contributed by atoms with Gasteiger partial charge in [-0.25, -0.2) is 4.98 Å². The molecule has 5 atom stereocenters. The zero-order valence-electron chi connectivity index (χ0n) is 13.9. The van der Waals surface area contributed by atoms with Crippen LogP contribution in [0.1, 0.15) is 6.42 Å². The molecule has 0 spiro atoms. The monoisotopic (exact) mass is 424 g/mol. The Hall–Kier alpha value is -1.78. The minimum Gasteiger partial charge on any atom is -0.390 e. The van der Waals surface area contributed by atoms with Crippen LogP contribution >= 0.6 is 35.2 Å². The van der Waals surface area contributed by atoms with Crippen LogP contribution in [0.2, 0.25) is 5.02 Å². The molecular weight excluding hydrogens is 408 g/mol. The molecule has 142 valence electrons. The van der Waals surface area contributed by atoms with E-state index in [0.717, 1.165) is 5.69 Å². The Morgan fingerprint density at radius 3 is 2.78 bits per heavy atom. The topological polar surface area (TPSA) is 97.7 Å². The fraction of sp³-hybridized carbons (Fsp3) is 0.353. The Balaban J connectivity index is 1.68. The largest absolute Gasteiger partial charge is 0.390 e. The Kier molecular flexibility index (Phi) is 5.04. The molecule has 1 amide bonds. The Morgan fingerprint density at radius 2 is 2.11 bits per heavy atom. The van der Waals surface area contributed by atoms with Crippen molar-refractivity contribution in [3.8, 4) is 0 Å². The maximum Gasteiger partial charge on any atom is 0.231 e. The van der Waals surface area contributed by atoms with E-state index in [1.807, 2.05) is 17.0 Å². The summed E-state index contributed by atoms with van der Waals surface area (Å²) in [5.41, 5.74) is 0.764. The van der Waals surface area contributed by atoms with Gasteiger partial charge in [0, 0.05) is 22.3 Å². The first kappa shape index (κ1) is 18.6. The van der Waals surface area contributed by atoms with E-state index < -0.39 is 30.2 Å². The molecule has 4 N–H and O–H groups in total. The number of hydrogen-bond donors (Lipinski definition) is 4. The van der Waals surface area contributed by atoms with E-state index in [1.165, 1.54) is 11.3 Å². The number of carbonyl (C=O) groups excluding carboxylic acids is 1. The number of hydrogen-bond acceptors (Lipinski definition) is 6. The fourth-order valence-corrected chi connectivity index (χ4v) is 4.75. The normalized spacial score (nSPS) is 30.0. The number of amides is 1. The summed E-state index contributed by atoms with van der Waals surface area (Å²) in [6.45, 7) is 0. The summed E-state index contributed by atoms with van der Waals surface area (Å²) in [7, 11) is 0. The van der Waals surface area contributed by atoms with Crippen molar-refractivity contribution in [2.24, 2.45) is 5.92 Å². The number of thiocarbonyl (C=S) groups is 1. The maximum atomic E-state index is 12.9. The molecule has 1 aromatic carbocycles. The molecule has 7 nitrogen and oxygen atoms in total. The highest BCUT2D eigenvalue weighted by molar-refractivity contribution is 7.80. The van der Waals surface area contributed by atoms with E-state index >= 15 is 0 Å². The summed E-state index contributed by atoms with van der Waals surface area (Å²) >= 11 is 12.8. The molecule has 1 saturated carbocycles. The molecule has 2 aliphatic rings. The number of thiazole rings is 1. The van der Waals surface area contributed by atoms with Crippen LogP contribution in [0, 0.1) is 5.92 Å². The number of carbonyl (C=O) groups is 1. The summed E-state index contributed by atoms with van der Waals surface area (Å²) in [5, 5.41) is 29.9. The van der Waals surface area contributed by atoms with Gasteiger partial charge in [-0.05, 0) is 42.9 Å². The lowest BCUT2D eigenvalue weighted by molar-refractivity contribution is -0.126. The summed E-state index contributed by atoms with van der Waals surface area (Å²) in [5.74, 6) is -0.864. The van der Waals surface area contributed by atoms with Crippen LogP contribution in [-0.4, -0.2) is 50.5 Å².